The van der Waals surface area contributed by atoms with Crippen molar-refractivity contribution < 1.29 is 13.5 Å². The molecule has 35 heavy (non-hydrogen) atoms. The van der Waals surface area contributed by atoms with E-state index in [0.29, 0.717) is 12.2 Å². The normalized spacial score (nSPS) is 11.1. The summed E-state index contributed by atoms with van der Waals surface area (Å²) in [5, 5.41) is 0. The molecule has 3 heteroatoms. The lowest BCUT2D eigenvalue weighted by Crippen LogP contribution is -1.98. The maximum atomic E-state index is 14.5. The van der Waals surface area contributed by atoms with Crippen LogP contribution in [0.15, 0.2) is 60.7 Å². The number of rotatable bonds is 15. The Labute approximate surface area is 210 Å². The maximum Gasteiger partial charge on any atom is 0.201 e. The number of ether oxygens (including phenoxy) is 1. The fraction of sp³-hybridized carbons (Fsp3) is 0.438. The summed E-state index contributed by atoms with van der Waals surface area (Å²) in [4.78, 5) is 0. The van der Waals surface area contributed by atoms with Crippen molar-refractivity contribution >= 4 is 0 Å². The fourth-order valence-electron chi connectivity index (χ4n) is 4.54. The predicted molar refractivity (Wildman–Crippen MR) is 144 cm³/mol. The number of halogens is 2. The summed E-state index contributed by atoms with van der Waals surface area (Å²) in [6, 6.07) is 19.4. The highest BCUT2D eigenvalue weighted by molar-refractivity contribution is 5.71. The first-order chi connectivity index (χ1) is 17.1. The third-order valence-electron chi connectivity index (χ3n) is 6.65. The minimum Gasteiger partial charge on any atom is -0.491 e. The Morgan fingerprint density at radius 3 is 1.63 bits per heavy atom. The van der Waals surface area contributed by atoms with Crippen molar-refractivity contribution in [1.82, 2.24) is 0 Å². The molecule has 0 heterocycles. The highest BCUT2D eigenvalue weighted by atomic mass is 19.2. The number of unbranched alkanes of at least 4 members (excludes halogenated alkanes) is 9. The molecule has 0 aliphatic carbocycles. The minimum absolute atomic E-state index is 0.0525. The molecule has 0 spiro atoms. The molecule has 0 bridgehead atoms. The van der Waals surface area contributed by atoms with Crippen LogP contribution in [-0.4, -0.2) is 6.61 Å². The second kappa shape index (κ2) is 14.7. The Bertz CT molecular complexity index is 1010. The number of hydrogen-bond donors (Lipinski definition) is 0. The number of hydrogen-bond acceptors (Lipinski definition) is 1. The first-order valence-corrected chi connectivity index (χ1v) is 13.4. The van der Waals surface area contributed by atoms with E-state index in [-0.39, 0.29) is 11.3 Å². The van der Waals surface area contributed by atoms with Crippen molar-refractivity contribution in [3.05, 3.63) is 77.9 Å². The summed E-state index contributed by atoms with van der Waals surface area (Å²) in [6.45, 7) is 4.31. The largest absolute Gasteiger partial charge is 0.491 e. The predicted octanol–water partition coefficient (Wildman–Crippen LogP) is 10.2. The zero-order valence-corrected chi connectivity index (χ0v) is 21.4. The van der Waals surface area contributed by atoms with Crippen molar-refractivity contribution in [3.63, 3.8) is 0 Å². The fourth-order valence-corrected chi connectivity index (χ4v) is 4.54. The van der Waals surface area contributed by atoms with Crippen molar-refractivity contribution in [2.45, 2.75) is 84.5 Å². The molecule has 0 aromatic heterocycles. The summed E-state index contributed by atoms with van der Waals surface area (Å²) >= 11 is 0. The van der Waals surface area contributed by atoms with E-state index < -0.39 is 11.6 Å². The van der Waals surface area contributed by atoms with Crippen LogP contribution in [0.4, 0.5) is 8.78 Å². The topological polar surface area (TPSA) is 9.23 Å². The molecule has 0 atom stereocenters. The van der Waals surface area contributed by atoms with Crippen LogP contribution < -0.4 is 4.74 Å². The van der Waals surface area contributed by atoms with Gasteiger partial charge in [0.2, 0.25) is 5.82 Å². The molecule has 0 radical (unpaired) electrons. The molecule has 3 rings (SSSR count). The average Bonchev–Trinajstić information content (AvgIpc) is 2.89. The quantitative estimate of drug-likeness (QED) is 0.197. The van der Waals surface area contributed by atoms with Gasteiger partial charge in [0.1, 0.15) is 0 Å². The Hall–Kier alpha value is -2.68. The van der Waals surface area contributed by atoms with Crippen LogP contribution in [0.1, 0.15) is 83.6 Å². The third-order valence-corrected chi connectivity index (χ3v) is 6.65. The van der Waals surface area contributed by atoms with Crippen LogP contribution in [0, 0.1) is 11.6 Å². The zero-order chi connectivity index (χ0) is 24.9. The third kappa shape index (κ3) is 8.19. The monoisotopic (exact) mass is 478 g/mol. The molecule has 0 N–H and O–H groups in total. The van der Waals surface area contributed by atoms with Gasteiger partial charge in [0.15, 0.2) is 11.6 Å². The summed E-state index contributed by atoms with van der Waals surface area (Å²) in [6.07, 6.45) is 14.7. The van der Waals surface area contributed by atoms with Gasteiger partial charge >= 0.3 is 0 Å². The van der Waals surface area contributed by atoms with Crippen LogP contribution in [-0.2, 0) is 6.42 Å². The molecular formula is C32H40F2O. The molecule has 3 aromatic rings. The van der Waals surface area contributed by atoms with Gasteiger partial charge in [-0.25, -0.2) is 4.39 Å². The maximum absolute atomic E-state index is 14.5. The van der Waals surface area contributed by atoms with Gasteiger partial charge in [-0.2, -0.15) is 4.39 Å². The first kappa shape index (κ1) is 26.9. The molecule has 0 unspecified atom stereocenters. The molecule has 0 amide bonds. The van der Waals surface area contributed by atoms with Gasteiger partial charge in [-0.3, -0.25) is 0 Å². The first-order valence-electron chi connectivity index (χ1n) is 13.4. The number of benzene rings is 3. The van der Waals surface area contributed by atoms with E-state index in [0.717, 1.165) is 17.5 Å². The summed E-state index contributed by atoms with van der Waals surface area (Å²) < 4.78 is 33.9. The van der Waals surface area contributed by atoms with Gasteiger partial charge in [0, 0.05) is 5.56 Å². The molecular weight excluding hydrogens is 438 g/mol. The Kier molecular flexibility index (Phi) is 11.3. The van der Waals surface area contributed by atoms with Gasteiger partial charge in [0.05, 0.1) is 6.61 Å². The van der Waals surface area contributed by atoms with E-state index in [4.69, 9.17) is 4.74 Å². The summed E-state index contributed by atoms with van der Waals surface area (Å²) in [7, 11) is 0. The van der Waals surface area contributed by atoms with E-state index in [1.807, 2.05) is 24.3 Å². The van der Waals surface area contributed by atoms with Crippen LogP contribution in [0.5, 0.6) is 5.75 Å². The van der Waals surface area contributed by atoms with E-state index in [1.54, 1.807) is 13.0 Å². The van der Waals surface area contributed by atoms with Gasteiger partial charge in [-0.1, -0.05) is 113 Å². The van der Waals surface area contributed by atoms with Crippen molar-refractivity contribution in [2.75, 3.05) is 6.61 Å². The standard InChI is InChI=1S/C32H40F2O/c1-3-5-6-7-8-9-10-11-12-13-14-25-15-17-26(18-16-25)27-19-21-28(22-20-27)29-23-24-30(35-4-2)32(34)31(29)33/h15-24H,3-14H2,1-2H3. The summed E-state index contributed by atoms with van der Waals surface area (Å²) in [5.41, 5.74) is 4.44. The van der Waals surface area contributed by atoms with Crippen LogP contribution in [0.3, 0.4) is 0 Å². The van der Waals surface area contributed by atoms with Crippen molar-refractivity contribution in [1.29, 1.82) is 0 Å². The second-order valence-electron chi connectivity index (χ2n) is 9.38. The van der Waals surface area contributed by atoms with E-state index in [9.17, 15) is 8.78 Å². The average molecular weight is 479 g/mol. The van der Waals surface area contributed by atoms with Crippen LogP contribution in [0.25, 0.3) is 22.3 Å². The molecule has 0 aliphatic rings. The molecule has 1 nitrogen and oxygen atoms in total. The SMILES string of the molecule is CCCCCCCCCCCCc1ccc(-c2ccc(-c3ccc(OCC)c(F)c3F)cc2)cc1. The minimum atomic E-state index is -0.938. The molecule has 0 saturated carbocycles. The number of aryl methyl sites for hydroxylation is 1. The lowest BCUT2D eigenvalue weighted by atomic mass is 9.98. The molecule has 0 saturated heterocycles. The summed E-state index contributed by atoms with van der Waals surface area (Å²) in [5.74, 6) is -1.87. The highest BCUT2D eigenvalue weighted by Gasteiger charge is 2.15. The van der Waals surface area contributed by atoms with Crippen molar-refractivity contribution in [3.8, 4) is 28.0 Å². The molecule has 188 valence electrons. The van der Waals surface area contributed by atoms with Crippen LogP contribution >= 0.6 is 0 Å². The lowest BCUT2D eigenvalue weighted by Gasteiger charge is -2.10. The van der Waals surface area contributed by atoms with E-state index >= 15 is 0 Å². The molecule has 3 aromatic carbocycles. The lowest BCUT2D eigenvalue weighted by molar-refractivity contribution is 0.314. The highest BCUT2D eigenvalue weighted by Crippen LogP contribution is 2.31. The van der Waals surface area contributed by atoms with Crippen LogP contribution in [0.2, 0.25) is 0 Å². The zero-order valence-electron chi connectivity index (χ0n) is 21.4. The molecule has 0 aliphatic heterocycles. The smallest absolute Gasteiger partial charge is 0.201 e. The van der Waals surface area contributed by atoms with Gasteiger partial charge in [0.25, 0.3) is 0 Å². The van der Waals surface area contributed by atoms with Gasteiger partial charge in [-0.15, -0.1) is 0 Å². The second-order valence-corrected chi connectivity index (χ2v) is 9.38. The molecule has 0 fully saturated rings. The Morgan fingerprint density at radius 1 is 0.543 bits per heavy atom. The van der Waals surface area contributed by atoms with Gasteiger partial charge < -0.3 is 4.74 Å². The Morgan fingerprint density at radius 2 is 1.06 bits per heavy atom. The van der Waals surface area contributed by atoms with E-state index in [2.05, 4.69) is 31.2 Å². The van der Waals surface area contributed by atoms with Crippen molar-refractivity contribution in [2.24, 2.45) is 0 Å². The van der Waals surface area contributed by atoms with E-state index in [1.165, 1.54) is 75.8 Å². The Balaban J connectivity index is 1.46. The van der Waals surface area contributed by atoms with Gasteiger partial charge in [-0.05, 0) is 54.2 Å².